The van der Waals surface area contributed by atoms with Crippen LogP contribution < -0.4 is 4.89 Å². The van der Waals surface area contributed by atoms with Gasteiger partial charge in [-0.05, 0) is 77.0 Å². The van der Waals surface area contributed by atoms with E-state index in [1.54, 1.807) is 0 Å². The molecule has 0 saturated heterocycles. The molecule has 2 atom stereocenters. The van der Waals surface area contributed by atoms with E-state index in [0.717, 1.165) is 64.2 Å². The number of carbonyl (C=O) groups is 2. The van der Waals surface area contributed by atoms with Crippen molar-refractivity contribution >= 4 is 19.8 Å². The summed E-state index contributed by atoms with van der Waals surface area (Å²) in [6.07, 6.45) is 45.4. The normalized spacial score (nSPS) is 14.2. The van der Waals surface area contributed by atoms with E-state index in [1.807, 2.05) is 21.1 Å². The van der Waals surface area contributed by atoms with Crippen molar-refractivity contribution in [3.05, 3.63) is 60.8 Å². The first kappa shape index (κ1) is 53.7. The Morgan fingerprint density at radius 2 is 0.982 bits per heavy atom. The number of hydrogen-bond acceptors (Lipinski definition) is 8. The second-order valence-corrected chi connectivity index (χ2v) is 17.1. The van der Waals surface area contributed by atoms with Crippen LogP contribution in [0.5, 0.6) is 0 Å². The quantitative estimate of drug-likeness (QED) is 0.0198. The van der Waals surface area contributed by atoms with Gasteiger partial charge in [-0.2, -0.15) is 0 Å². The molecule has 0 aromatic carbocycles. The molecule has 0 aliphatic heterocycles. The van der Waals surface area contributed by atoms with Crippen molar-refractivity contribution in [3.8, 4) is 0 Å². The lowest BCUT2D eigenvalue weighted by atomic mass is 10.1. The van der Waals surface area contributed by atoms with Crippen molar-refractivity contribution in [3.63, 3.8) is 0 Å². The molecule has 0 aromatic rings. The Kier molecular flexibility index (Phi) is 36.7. The van der Waals surface area contributed by atoms with E-state index < -0.39 is 32.5 Å². The first-order valence-corrected chi connectivity index (χ1v) is 23.5. The molecule has 0 spiro atoms. The van der Waals surface area contributed by atoms with E-state index in [2.05, 4.69) is 74.6 Å². The molecule has 0 heterocycles. The van der Waals surface area contributed by atoms with E-state index >= 15 is 0 Å². The zero-order valence-corrected chi connectivity index (χ0v) is 37.2. The van der Waals surface area contributed by atoms with Gasteiger partial charge in [-0.25, -0.2) is 0 Å². The van der Waals surface area contributed by atoms with Crippen molar-refractivity contribution in [2.24, 2.45) is 0 Å². The number of hydrogen-bond donors (Lipinski definition) is 0. The molecule has 0 saturated carbocycles. The van der Waals surface area contributed by atoms with Gasteiger partial charge in [-0.3, -0.25) is 14.2 Å². The lowest BCUT2D eigenvalue weighted by Gasteiger charge is -2.28. The lowest BCUT2D eigenvalue weighted by Crippen LogP contribution is -2.37. The molecule has 0 aliphatic carbocycles. The average molecular weight is 808 g/mol. The van der Waals surface area contributed by atoms with Crippen LogP contribution in [0.4, 0.5) is 0 Å². The predicted octanol–water partition coefficient (Wildman–Crippen LogP) is 11.8. The van der Waals surface area contributed by atoms with Gasteiger partial charge in [0.05, 0.1) is 27.7 Å². The first-order valence-electron chi connectivity index (χ1n) is 22.0. The molecular formula is C46H82NO8P. The molecule has 0 N–H and O–H groups in total. The maximum absolute atomic E-state index is 12.7. The van der Waals surface area contributed by atoms with Crippen LogP contribution in [0.2, 0.25) is 0 Å². The molecule has 0 aliphatic rings. The fourth-order valence-corrected chi connectivity index (χ4v) is 6.25. The molecule has 324 valence electrons. The number of allylic oxidation sites excluding steroid dienone is 10. The number of quaternary nitrogens is 1. The summed E-state index contributed by atoms with van der Waals surface area (Å²) in [5.41, 5.74) is 0. The summed E-state index contributed by atoms with van der Waals surface area (Å²) in [7, 11) is 1.12. The number of phosphoric acid groups is 1. The van der Waals surface area contributed by atoms with Crippen LogP contribution in [-0.4, -0.2) is 70.0 Å². The fourth-order valence-electron chi connectivity index (χ4n) is 5.52. The molecule has 0 amide bonds. The second kappa shape index (κ2) is 38.2. The van der Waals surface area contributed by atoms with E-state index in [4.69, 9.17) is 18.5 Å². The lowest BCUT2D eigenvalue weighted by molar-refractivity contribution is -0.870. The zero-order chi connectivity index (χ0) is 41.4. The van der Waals surface area contributed by atoms with Crippen LogP contribution in [0.3, 0.4) is 0 Å². The van der Waals surface area contributed by atoms with Crippen LogP contribution in [0, 0.1) is 0 Å². The summed E-state index contributed by atoms with van der Waals surface area (Å²) >= 11 is 0. The number of likely N-dealkylation sites (N-methyl/N-ethyl adjacent to an activating group) is 1. The molecule has 10 heteroatoms. The van der Waals surface area contributed by atoms with Crippen molar-refractivity contribution in [1.82, 2.24) is 0 Å². The SMILES string of the molecule is CCCCC/C=C/C/C=C/CCCCCCCC(=O)O[C@H](COC(=O)CCC/C=C/C/C=C/C/C=C/CCCCCCCC)COP(=O)([O-])OCC[N+](C)(C)C. The molecule has 0 rings (SSSR count). The number of carbonyl (C=O) groups excluding carboxylic acids is 2. The second-order valence-electron chi connectivity index (χ2n) is 15.7. The van der Waals surface area contributed by atoms with Crippen LogP contribution >= 0.6 is 7.82 Å². The summed E-state index contributed by atoms with van der Waals surface area (Å²) < 4.78 is 33.8. The van der Waals surface area contributed by atoms with Crippen LogP contribution in [0.1, 0.15) is 168 Å². The van der Waals surface area contributed by atoms with Crippen LogP contribution in [0.15, 0.2) is 60.8 Å². The summed E-state index contributed by atoms with van der Waals surface area (Å²) in [4.78, 5) is 37.5. The zero-order valence-electron chi connectivity index (χ0n) is 36.3. The van der Waals surface area contributed by atoms with Gasteiger partial charge in [0.15, 0.2) is 6.10 Å². The molecular weight excluding hydrogens is 725 g/mol. The van der Waals surface area contributed by atoms with Crippen LogP contribution in [-0.2, 0) is 32.7 Å². The minimum absolute atomic E-state index is 0.0437. The summed E-state index contributed by atoms with van der Waals surface area (Å²) in [5.74, 6) is -0.916. The van der Waals surface area contributed by atoms with E-state index in [0.29, 0.717) is 23.9 Å². The number of ether oxygens (including phenoxy) is 2. The van der Waals surface area contributed by atoms with E-state index in [1.165, 1.54) is 64.2 Å². The molecule has 0 radical (unpaired) electrons. The maximum Gasteiger partial charge on any atom is 0.306 e. The molecule has 9 nitrogen and oxygen atoms in total. The Balaban J connectivity index is 4.48. The van der Waals surface area contributed by atoms with Gasteiger partial charge in [0.2, 0.25) is 0 Å². The topological polar surface area (TPSA) is 111 Å². The number of esters is 2. The molecule has 0 bridgehead atoms. The molecule has 56 heavy (non-hydrogen) atoms. The first-order chi connectivity index (χ1) is 27.0. The number of unbranched alkanes of at least 4 members (excludes halogenated alkanes) is 15. The Morgan fingerprint density at radius 1 is 0.554 bits per heavy atom. The van der Waals surface area contributed by atoms with Crippen molar-refractivity contribution in [1.29, 1.82) is 0 Å². The number of phosphoric ester groups is 1. The standard InChI is InChI=1S/C46H82NO8P/c1-6-8-10-12-14-16-18-20-22-23-25-26-28-30-32-34-36-38-45(48)52-42-44(43-54-56(50,51)53-41-40-47(3,4)5)55-46(49)39-37-35-33-31-29-27-24-21-19-17-15-13-11-9-7-2/h15,17,20-22,24-26,30,32,44H,6-14,16,18-19,23,27-29,31,33-43H2,1-5H3/b17-15+,22-20+,24-21+,26-25+,32-30+/t44-/m1/s1. The largest absolute Gasteiger partial charge is 0.756 e. The Bertz CT molecular complexity index is 1140. The third kappa shape index (κ3) is 41.3. The van der Waals surface area contributed by atoms with Gasteiger partial charge in [0.1, 0.15) is 19.8 Å². The minimum atomic E-state index is -4.64. The number of rotatable bonds is 39. The van der Waals surface area contributed by atoms with Gasteiger partial charge < -0.3 is 27.9 Å². The van der Waals surface area contributed by atoms with Crippen molar-refractivity contribution in [2.45, 2.75) is 174 Å². The third-order valence-corrected chi connectivity index (χ3v) is 9.97. The minimum Gasteiger partial charge on any atom is -0.756 e. The predicted molar refractivity (Wildman–Crippen MR) is 231 cm³/mol. The smallest absolute Gasteiger partial charge is 0.306 e. The highest BCUT2D eigenvalue weighted by Gasteiger charge is 2.21. The van der Waals surface area contributed by atoms with Gasteiger partial charge in [0, 0.05) is 12.8 Å². The van der Waals surface area contributed by atoms with Crippen molar-refractivity contribution < 1.29 is 42.1 Å². The fraction of sp³-hybridized carbons (Fsp3) is 0.739. The molecule has 1 unspecified atom stereocenters. The molecule has 0 aromatic heterocycles. The average Bonchev–Trinajstić information content (AvgIpc) is 3.15. The highest BCUT2D eigenvalue weighted by atomic mass is 31.2. The Hall–Kier alpha value is -2.29. The van der Waals surface area contributed by atoms with Gasteiger partial charge in [-0.1, -0.05) is 139 Å². The summed E-state index contributed by atoms with van der Waals surface area (Å²) in [6.45, 7) is 4.10. The highest BCUT2D eigenvalue weighted by Crippen LogP contribution is 2.38. The third-order valence-electron chi connectivity index (χ3n) is 9.01. The summed E-state index contributed by atoms with van der Waals surface area (Å²) in [6, 6.07) is 0. The molecule has 0 fully saturated rings. The van der Waals surface area contributed by atoms with Crippen LogP contribution in [0.25, 0.3) is 0 Å². The van der Waals surface area contributed by atoms with Gasteiger partial charge in [0.25, 0.3) is 7.82 Å². The highest BCUT2D eigenvalue weighted by molar-refractivity contribution is 7.45. The van der Waals surface area contributed by atoms with Gasteiger partial charge >= 0.3 is 11.9 Å². The van der Waals surface area contributed by atoms with E-state index in [-0.39, 0.29) is 26.1 Å². The van der Waals surface area contributed by atoms with Crippen molar-refractivity contribution in [2.75, 3.05) is 47.5 Å². The monoisotopic (exact) mass is 808 g/mol. The summed E-state index contributed by atoms with van der Waals surface area (Å²) in [5, 5.41) is 0. The number of nitrogens with zero attached hydrogens (tertiary/aromatic N) is 1. The Morgan fingerprint density at radius 3 is 1.52 bits per heavy atom. The Labute approximate surface area is 343 Å². The maximum atomic E-state index is 12.7. The van der Waals surface area contributed by atoms with E-state index in [9.17, 15) is 19.0 Å². The van der Waals surface area contributed by atoms with Gasteiger partial charge in [-0.15, -0.1) is 0 Å².